The zero-order chi connectivity index (χ0) is 85.2. The van der Waals surface area contributed by atoms with Gasteiger partial charge in [0.05, 0.1) is 11.0 Å². The van der Waals surface area contributed by atoms with E-state index < -0.39 is 0 Å². The summed E-state index contributed by atoms with van der Waals surface area (Å²) >= 11 is 0. The molecule has 0 fully saturated rings. The molecule has 0 aliphatic heterocycles. The van der Waals surface area contributed by atoms with Gasteiger partial charge in [0.15, 0.2) is 0 Å². The second-order valence-corrected chi connectivity index (χ2v) is 33.9. The molecule has 1 heterocycles. The van der Waals surface area contributed by atoms with Gasteiger partial charge in [-0.1, -0.05) is 443 Å². The Bertz CT molecular complexity index is 8730. The highest BCUT2D eigenvalue weighted by Gasteiger charge is 2.24. The molecule has 0 amide bonds. The molecule has 0 aliphatic carbocycles. The number of fused-ring (bicyclic) bond motifs is 14. The van der Waals surface area contributed by atoms with Crippen LogP contribution in [0.5, 0.6) is 0 Å². The average molecular weight is 1640 g/mol. The molecule has 0 radical (unpaired) electrons. The molecule has 1 nitrogen and oxygen atoms in total. The Morgan fingerprint density at radius 2 is 0.364 bits per heavy atom. The van der Waals surface area contributed by atoms with Gasteiger partial charge in [-0.15, -0.1) is 0 Å². The Morgan fingerprint density at radius 1 is 0.109 bits per heavy atom. The number of para-hydroxylation sites is 2. The van der Waals surface area contributed by atoms with Gasteiger partial charge in [0.2, 0.25) is 0 Å². The summed E-state index contributed by atoms with van der Waals surface area (Å²) in [5, 5.41) is 30.5. The quantitative estimate of drug-likeness (QED) is 0.120. The minimum absolute atomic E-state index is 1.18. The van der Waals surface area contributed by atoms with E-state index in [0.29, 0.717) is 0 Å². The minimum atomic E-state index is 1.18. The Morgan fingerprint density at radius 3 is 0.791 bits per heavy atom. The van der Waals surface area contributed by atoms with Crippen molar-refractivity contribution in [3.63, 3.8) is 0 Å². The van der Waals surface area contributed by atoms with Gasteiger partial charge in [-0.25, -0.2) is 0 Å². The zero-order valence-corrected chi connectivity index (χ0v) is 70.9. The molecular formula is C128H83N. The van der Waals surface area contributed by atoms with Gasteiger partial charge in [0, 0.05) is 16.5 Å². The first-order valence-electron chi connectivity index (χ1n) is 44.7. The number of benzene rings is 25. The van der Waals surface area contributed by atoms with Gasteiger partial charge in [-0.05, 0) is 279 Å². The SMILES string of the molecule is c1ccc(-c2c3ccccc3c(-c3cccc4ccc(-c5ccc6c(c5)c5ccccc5n6-c5ccccc5)cc34)c3ccccc23)cc1.c1ccc(-c2ccc3cc(-c4c5ccccc5c(-c5cccc6ccccc56)c5ccccc45)ccc3c2)cc1.c1ccc(-c2ccc3ccc(-c4c5ccccc5c(-c5cccc6ccccc56)c5ccccc45)cc3c2)cc1. The number of rotatable bonds is 10. The molecule has 0 saturated heterocycles. The first-order chi connectivity index (χ1) is 64.0. The second-order valence-electron chi connectivity index (χ2n) is 33.9. The van der Waals surface area contributed by atoms with Crippen LogP contribution >= 0.6 is 0 Å². The predicted molar refractivity (Wildman–Crippen MR) is 555 cm³/mol. The standard InChI is InChI=1S/C48H31N.2C40H26/c1-3-14-33(15-4-1)47-38-20-7-9-22-40(38)48(41-23-10-8-21-39(41)47)42-24-13-16-32-26-27-34(30-43(32)42)35-28-29-46-44(31-35)37-19-11-12-25-45(37)49(46)36-17-5-2-6-18-36;1-2-11-27(12-3-1)30-23-21-28-22-24-31(26-32(28)25-30)39-35-16-6-8-18-37(35)40(38-19-9-7-17-36(38)39)34-20-10-14-29-13-4-5-15-33(29)34;1-2-11-27(12-3-1)29-21-22-31-26-32(24-23-30(31)25-29)39-35-16-6-8-18-37(35)40(38-19-9-7-17-36(38)39)34-20-10-14-28-13-4-5-15-33(28)34/h1-31H;2*1-26H. The van der Waals surface area contributed by atoms with Gasteiger partial charge in [-0.3, -0.25) is 0 Å². The molecule has 0 bridgehead atoms. The summed E-state index contributed by atoms with van der Waals surface area (Å²) in [7, 11) is 0. The van der Waals surface area contributed by atoms with Crippen molar-refractivity contribution >= 4 is 140 Å². The number of hydrogen-bond acceptors (Lipinski definition) is 0. The van der Waals surface area contributed by atoms with Crippen LogP contribution in [0.25, 0.3) is 246 Å². The summed E-state index contributed by atoms with van der Waals surface area (Å²) in [6.45, 7) is 0. The van der Waals surface area contributed by atoms with Gasteiger partial charge in [-0.2, -0.15) is 0 Å². The molecule has 1 heteroatoms. The maximum atomic E-state index is 2.40. The monoisotopic (exact) mass is 1630 g/mol. The molecule has 600 valence electrons. The Balaban J connectivity index is 0.000000108. The summed E-state index contributed by atoms with van der Waals surface area (Å²) in [5.74, 6) is 0. The van der Waals surface area contributed by atoms with Crippen molar-refractivity contribution in [1.82, 2.24) is 4.57 Å². The van der Waals surface area contributed by atoms with E-state index in [0.717, 1.165) is 0 Å². The molecule has 26 aromatic rings. The van der Waals surface area contributed by atoms with Crippen LogP contribution in [0.3, 0.4) is 0 Å². The van der Waals surface area contributed by atoms with Gasteiger partial charge in [0.1, 0.15) is 0 Å². The van der Waals surface area contributed by atoms with E-state index in [1.165, 1.54) is 246 Å². The topological polar surface area (TPSA) is 4.93 Å². The summed E-state index contributed by atoms with van der Waals surface area (Å²) in [4.78, 5) is 0. The Kier molecular flexibility index (Phi) is 19.0. The van der Waals surface area contributed by atoms with Crippen molar-refractivity contribution in [2.45, 2.75) is 0 Å². The lowest BCUT2D eigenvalue weighted by Crippen LogP contribution is -1.93. The van der Waals surface area contributed by atoms with Crippen molar-refractivity contribution in [2.24, 2.45) is 0 Å². The van der Waals surface area contributed by atoms with Crippen molar-refractivity contribution in [3.05, 3.63) is 504 Å². The van der Waals surface area contributed by atoms with E-state index in [2.05, 4.69) is 508 Å². The highest BCUT2D eigenvalue weighted by Crippen LogP contribution is 2.51. The fourth-order valence-electron chi connectivity index (χ4n) is 20.8. The zero-order valence-electron chi connectivity index (χ0n) is 70.9. The van der Waals surface area contributed by atoms with E-state index in [1.807, 2.05) is 0 Å². The largest absolute Gasteiger partial charge is 0.309 e. The molecule has 1 aromatic heterocycles. The van der Waals surface area contributed by atoms with Crippen LogP contribution in [0.15, 0.2) is 504 Å². The highest BCUT2D eigenvalue weighted by molar-refractivity contribution is 6.28. The molecule has 0 N–H and O–H groups in total. The van der Waals surface area contributed by atoms with Crippen LogP contribution in [-0.4, -0.2) is 4.57 Å². The number of nitrogens with zero attached hydrogens (tertiary/aromatic N) is 1. The molecule has 0 aliphatic rings. The van der Waals surface area contributed by atoms with Crippen molar-refractivity contribution in [3.8, 4) is 106 Å². The Hall–Kier alpha value is -16.8. The molecular weight excluding hydrogens is 1550 g/mol. The van der Waals surface area contributed by atoms with Crippen LogP contribution < -0.4 is 0 Å². The molecule has 0 saturated carbocycles. The third-order valence-corrected chi connectivity index (χ3v) is 26.6. The Labute approximate surface area is 748 Å². The molecule has 0 atom stereocenters. The lowest BCUT2D eigenvalue weighted by molar-refractivity contribution is 1.18. The van der Waals surface area contributed by atoms with Crippen LogP contribution in [0.1, 0.15) is 0 Å². The average Bonchev–Trinajstić information content (AvgIpc) is 1.60. The van der Waals surface area contributed by atoms with Gasteiger partial charge in [0.25, 0.3) is 0 Å². The van der Waals surface area contributed by atoms with Crippen LogP contribution in [0.2, 0.25) is 0 Å². The highest BCUT2D eigenvalue weighted by atomic mass is 15.0. The summed E-state index contributed by atoms with van der Waals surface area (Å²) in [6, 6.07) is 184. The summed E-state index contributed by atoms with van der Waals surface area (Å²) in [6.07, 6.45) is 0. The lowest BCUT2D eigenvalue weighted by Gasteiger charge is -2.19. The minimum Gasteiger partial charge on any atom is -0.309 e. The smallest absolute Gasteiger partial charge is 0.0541 e. The van der Waals surface area contributed by atoms with E-state index in [9.17, 15) is 0 Å². The molecule has 26 rings (SSSR count). The van der Waals surface area contributed by atoms with Crippen molar-refractivity contribution < 1.29 is 0 Å². The van der Waals surface area contributed by atoms with E-state index in [-0.39, 0.29) is 0 Å². The molecule has 129 heavy (non-hydrogen) atoms. The van der Waals surface area contributed by atoms with Crippen molar-refractivity contribution in [2.75, 3.05) is 0 Å². The fourth-order valence-corrected chi connectivity index (χ4v) is 20.8. The fraction of sp³-hybridized carbons (Fsp3) is 0. The third-order valence-electron chi connectivity index (χ3n) is 26.6. The summed E-state index contributed by atoms with van der Waals surface area (Å²) in [5.41, 5.74) is 26.4. The first kappa shape index (κ1) is 75.9. The normalized spacial score (nSPS) is 11.6. The van der Waals surface area contributed by atoms with Crippen molar-refractivity contribution in [1.29, 1.82) is 0 Å². The first-order valence-corrected chi connectivity index (χ1v) is 44.7. The van der Waals surface area contributed by atoms with E-state index in [1.54, 1.807) is 0 Å². The lowest BCUT2D eigenvalue weighted by atomic mass is 9.84. The van der Waals surface area contributed by atoms with Crippen LogP contribution in [0.4, 0.5) is 0 Å². The van der Waals surface area contributed by atoms with E-state index >= 15 is 0 Å². The third kappa shape index (κ3) is 13.4. The summed E-state index contributed by atoms with van der Waals surface area (Å²) < 4.78 is 2.38. The maximum absolute atomic E-state index is 2.40. The van der Waals surface area contributed by atoms with E-state index in [4.69, 9.17) is 0 Å². The van der Waals surface area contributed by atoms with Crippen LogP contribution in [-0.2, 0) is 0 Å². The predicted octanol–water partition coefficient (Wildman–Crippen LogP) is 35.8. The molecule has 25 aromatic carbocycles. The number of aromatic nitrogens is 1. The molecule has 0 unspecified atom stereocenters. The maximum Gasteiger partial charge on any atom is 0.0541 e. The number of hydrogen-bond donors (Lipinski definition) is 0. The van der Waals surface area contributed by atoms with Gasteiger partial charge >= 0.3 is 0 Å². The van der Waals surface area contributed by atoms with Crippen LogP contribution in [0, 0.1) is 0 Å². The second kappa shape index (κ2) is 32.4. The van der Waals surface area contributed by atoms with Gasteiger partial charge < -0.3 is 4.57 Å². The molecule has 0 spiro atoms.